The maximum absolute atomic E-state index is 11.6. The average Bonchev–Trinajstić information content (AvgIpc) is 2.30. The number of allylic oxidation sites excluding steroid dienone is 2. The van der Waals surface area contributed by atoms with E-state index >= 15 is 0 Å². The van der Waals surface area contributed by atoms with Crippen molar-refractivity contribution in [3.05, 3.63) is 36.5 Å². The standard InChI is InChI=1S/C11H13NO4/c1-4-6-8-9(7-5-2)11(14)16-12(3)15-10(8)13/h4-5H,1-2,6-7H2,3H3. The van der Waals surface area contributed by atoms with Gasteiger partial charge in [0.25, 0.3) is 0 Å². The van der Waals surface area contributed by atoms with Gasteiger partial charge in [0.05, 0.1) is 18.2 Å². The molecule has 1 aliphatic rings. The van der Waals surface area contributed by atoms with Gasteiger partial charge in [-0.1, -0.05) is 12.2 Å². The van der Waals surface area contributed by atoms with Crippen molar-refractivity contribution in [1.82, 2.24) is 5.23 Å². The van der Waals surface area contributed by atoms with Crippen molar-refractivity contribution in [3.8, 4) is 0 Å². The maximum Gasteiger partial charge on any atom is 0.357 e. The molecule has 0 radical (unpaired) electrons. The zero-order valence-electron chi connectivity index (χ0n) is 9.06. The Kier molecular flexibility index (Phi) is 4.02. The van der Waals surface area contributed by atoms with Crippen LogP contribution in [0.2, 0.25) is 0 Å². The average molecular weight is 223 g/mol. The van der Waals surface area contributed by atoms with Gasteiger partial charge in [-0.15, -0.1) is 13.2 Å². The van der Waals surface area contributed by atoms with Gasteiger partial charge in [-0.3, -0.25) is 0 Å². The highest BCUT2D eigenvalue weighted by Crippen LogP contribution is 2.21. The summed E-state index contributed by atoms with van der Waals surface area (Å²) >= 11 is 0. The minimum Gasteiger partial charge on any atom is -0.329 e. The fraction of sp³-hybridized carbons (Fsp3) is 0.273. The summed E-state index contributed by atoms with van der Waals surface area (Å²) in [5.41, 5.74) is 0.508. The third-order valence-electron chi connectivity index (χ3n) is 1.98. The summed E-state index contributed by atoms with van der Waals surface area (Å²) in [4.78, 5) is 32.7. The van der Waals surface area contributed by atoms with Gasteiger partial charge in [-0.05, 0) is 12.8 Å². The van der Waals surface area contributed by atoms with E-state index in [9.17, 15) is 9.59 Å². The zero-order chi connectivity index (χ0) is 12.1. The second-order valence-electron chi connectivity index (χ2n) is 3.14. The smallest absolute Gasteiger partial charge is 0.329 e. The first-order valence-corrected chi connectivity index (χ1v) is 4.72. The first kappa shape index (κ1) is 12.2. The number of rotatable bonds is 4. The van der Waals surface area contributed by atoms with Gasteiger partial charge >= 0.3 is 11.9 Å². The molecule has 0 N–H and O–H groups in total. The molecule has 5 heteroatoms. The molecule has 0 amide bonds. The molecule has 0 atom stereocenters. The first-order chi connectivity index (χ1) is 7.60. The van der Waals surface area contributed by atoms with Crippen LogP contribution in [0.15, 0.2) is 36.5 Å². The molecule has 0 bridgehead atoms. The lowest BCUT2D eigenvalue weighted by molar-refractivity contribution is -0.304. The molecule has 0 aromatic heterocycles. The van der Waals surface area contributed by atoms with E-state index in [2.05, 4.69) is 13.2 Å². The minimum atomic E-state index is -0.606. The lowest BCUT2D eigenvalue weighted by Gasteiger charge is -2.10. The van der Waals surface area contributed by atoms with Crippen LogP contribution in [0.25, 0.3) is 0 Å². The molecule has 5 nitrogen and oxygen atoms in total. The Balaban J connectivity index is 3.15. The molecule has 0 fully saturated rings. The number of carbonyl (C=O) groups is 2. The van der Waals surface area contributed by atoms with Gasteiger partial charge in [0, 0.05) is 5.23 Å². The van der Waals surface area contributed by atoms with Crippen LogP contribution in [0.1, 0.15) is 12.8 Å². The van der Waals surface area contributed by atoms with Crippen LogP contribution >= 0.6 is 0 Å². The summed E-state index contributed by atoms with van der Waals surface area (Å²) in [6.45, 7) is 7.05. The summed E-state index contributed by atoms with van der Waals surface area (Å²) in [7, 11) is 1.33. The second kappa shape index (κ2) is 5.27. The van der Waals surface area contributed by atoms with Crippen molar-refractivity contribution in [2.75, 3.05) is 7.05 Å². The van der Waals surface area contributed by atoms with Crippen LogP contribution < -0.4 is 0 Å². The van der Waals surface area contributed by atoms with Crippen LogP contribution in [0.4, 0.5) is 0 Å². The van der Waals surface area contributed by atoms with Crippen molar-refractivity contribution >= 4 is 11.9 Å². The van der Waals surface area contributed by atoms with Crippen molar-refractivity contribution in [2.24, 2.45) is 0 Å². The quantitative estimate of drug-likeness (QED) is 0.672. The molecule has 0 aromatic carbocycles. The largest absolute Gasteiger partial charge is 0.357 e. The maximum atomic E-state index is 11.6. The minimum absolute atomic E-state index is 0.254. The van der Waals surface area contributed by atoms with Crippen LogP contribution in [-0.2, 0) is 19.3 Å². The summed E-state index contributed by atoms with van der Waals surface area (Å²) in [5.74, 6) is -1.21. The van der Waals surface area contributed by atoms with E-state index in [1.165, 1.54) is 19.2 Å². The van der Waals surface area contributed by atoms with Crippen LogP contribution in [0.3, 0.4) is 0 Å². The van der Waals surface area contributed by atoms with E-state index in [1.807, 2.05) is 0 Å². The Morgan fingerprint density at radius 1 is 1.06 bits per heavy atom. The van der Waals surface area contributed by atoms with E-state index in [0.29, 0.717) is 0 Å². The highest BCUT2D eigenvalue weighted by molar-refractivity contribution is 6.01. The number of hydroxylamine groups is 2. The molecule has 1 aliphatic heterocycles. The van der Waals surface area contributed by atoms with Crippen molar-refractivity contribution in [3.63, 3.8) is 0 Å². The molecular formula is C11H13NO4. The Labute approximate surface area is 93.5 Å². The monoisotopic (exact) mass is 223 g/mol. The predicted octanol–water partition coefficient (Wildman–Crippen LogP) is 1.30. The molecule has 0 saturated carbocycles. The number of carbonyl (C=O) groups excluding carboxylic acids is 2. The lowest BCUT2D eigenvalue weighted by Crippen LogP contribution is -2.23. The topological polar surface area (TPSA) is 55.8 Å². The van der Waals surface area contributed by atoms with Gasteiger partial charge in [-0.2, -0.15) is 0 Å². The number of hydrogen-bond acceptors (Lipinski definition) is 5. The van der Waals surface area contributed by atoms with E-state index in [1.54, 1.807) is 0 Å². The Hall–Kier alpha value is -1.88. The molecule has 16 heavy (non-hydrogen) atoms. The van der Waals surface area contributed by atoms with Gasteiger partial charge in [0.15, 0.2) is 0 Å². The van der Waals surface area contributed by atoms with Crippen LogP contribution in [0.5, 0.6) is 0 Å². The normalized spacial score (nSPS) is 17.6. The fourth-order valence-electron chi connectivity index (χ4n) is 1.31. The molecule has 86 valence electrons. The predicted molar refractivity (Wildman–Crippen MR) is 56.6 cm³/mol. The van der Waals surface area contributed by atoms with Gasteiger partial charge in [-0.25, -0.2) is 9.59 Å². The SMILES string of the molecule is C=CCC1=C(CC=C)C(=O)ON(C)OC1=O. The van der Waals surface area contributed by atoms with Gasteiger partial charge < -0.3 is 9.68 Å². The molecule has 1 heterocycles. The molecule has 1 rings (SSSR count). The number of hydrogen-bond donors (Lipinski definition) is 0. The Bertz CT molecular complexity index is 336. The second-order valence-corrected chi connectivity index (χ2v) is 3.14. The third-order valence-corrected chi connectivity index (χ3v) is 1.98. The van der Waals surface area contributed by atoms with E-state index in [0.717, 1.165) is 5.23 Å². The molecule has 0 spiro atoms. The van der Waals surface area contributed by atoms with Crippen molar-refractivity contribution < 1.29 is 19.3 Å². The third kappa shape index (κ3) is 2.58. The number of nitrogens with zero attached hydrogens (tertiary/aromatic N) is 1. The molecular weight excluding hydrogens is 210 g/mol. The Morgan fingerprint density at radius 3 is 1.75 bits per heavy atom. The first-order valence-electron chi connectivity index (χ1n) is 4.72. The van der Waals surface area contributed by atoms with Crippen LogP contribution in [0, 0.1) is 0 Å². The zero-order valence-corrected chi connectivity index (χ0v) is 9.06. The molecule has 0 aliphatic carbocycles. The summed E-state index contributed by atoms with van der Waals surface area (Å²) < 4.78 is 0. The molecule has 0 aromatic rings. The summed E-state index contributed by atoms with van der Waals surface area (Å²) in [6, 6.07) is 0. The van der Waals surface area contributed by atoms with Crippen molar-refractivity contribution in [2.45, 2.75) is 12.8 Å². The van der Waals surface area contributed by atoms with Crippen LogP contribution in [-0.4, -0.2) is 24.2 Å². The van der Waals surface area contributed by atoms with Gasteiger partial charge in [0.2, 0.25) is 0 Å². The van der Waals surface area contributed by atoms with Crippen molar-refractivity contribution in [1.29, 1.82) is 0 Å². The highest BCUT2D eigenvalue weighted by atomic mass is 17.0. The summed E-state index contributed by atoms with van der Waals surface area (Å²) in [6.07, 6.45) is 3.56. The summed E-state index contributed by atoms with van der Waals surface area (Å²) in [5, 5.41) is 0.740. The molecule has 0 unspecified atom stereocenters. The van der Waals surface area contributed by atoms with E-state index < -0.39 is 11.9 Å². The van der Waals surface area contributed by atoms with E-state index in [-0.39, 0.29) is 24.0 Å². The highest BCUT2D eigenvalue weighted by Gasteiger charge is 2.28. The lowest BCUT2D eigenvalue weighted by atomic mass is 10.0. The van der Waals surface area contributed by atoms with Gasteiger partial charge in [0.1, 0.15) is 0 Å². The Morgan fingerprint density at radius 2 is 1.44 bits per heavy atom. The molecule has 0 saturated heterocycles. The van der Waals surface area contributed by atoms with E-state index in [4.69, 9.17) is 9.68 Å². The fourth-order valence-corrected chi connectivity index (χ4v) is 1.31.